The molecule has 2 atom stereocenters. The number of halogens is 2. The molecule has 0 radical (unpaired) electrons. The molecule has 106 valence electrons. The summed E-state index contributed by atoms with van der Waals surface area (Å²) < 4.78 is 27.1. The summed E-state index contributed by atoms with van der Waals surface area (Å²) in [7, 11) is -3.59. The number of hydrogen-bond acceptors (Lipinski definition) is 3. The maximum absolute atomic E-state index is 12.6. The van der Waals surface area contributed by atoms with E-state index in [4.69, 9.17) is 11.6 Å². The monoisotopic (exact) mass is 367 g/mol. The Labute approximate surface area is 126 Å². The molecule has 4 nitrogen and oxygen atoms in total. The Hall–Kier alpha value is -0.140. The van der Waals surface area contributed by atoms with Gasteiger partial charge in [-0.3, -0.25) is 0 Å². The van der Waals surface area contributed by atoms with Gasteiger partial charge >= 0.3 is 0 Å². The molecule has 1 aliphatic rings. The van der Waals surface area contributed by atoms with Gasteiger partial charge in [0.1, 0.15) is 0 Å². The lowest BCUT2D eigenvalue weighted by Gasteiger charge is -2.24. The van der Waals surface area contributed by atoms with Crippen molar-refractivity contribution in [2.24, 2.45) is 5.92 Å². The topological polar surface area (TPSA) is 57.6 Å². The second-order valence-electron chi connectivity index (χ2n) is 4.71. The van der Waals surface area contributed by atoms with Crippen molar-refractivity contribution in [2.75, 3.05) is 13.2 Å². The van der Waals surface area contributed by atoms with E-state index >= 15 is 0 Å². The number of benzene rings is 1. The lowest BCUT2D eigenvalue weighted by molar-refractivity contribution is 0.191. The fraction of sp³-hybridized carbons (Fsp3) is 0.500. The molecule has 7 heteroatoms. The third-order valence-corrected chi connectivity index (χ3v) is 6.65. The molecule has 0 bridgehead atoms. The van der Waals surface area contributed by atoms with Gasteiger partial charge in [0.15, 0.2) is 0 Å². The Morgan fingerprint density at radius 2 is 2.21 bits per heavy atom. The van der Waals surface area contributed by atoms with E-state index in [-0.39, 0.29) is 23.5 Å². The van der Waals surface area contributed by atoms with Crippen LogP contribution in [-0.4, -0.2) is 37.0 Å². The zero-order valence-corrected chi connectivity index (χ0v) is 13.5. The fourth-order valence-electron chi connectivity index (χ4n) is 2.32. The average molecular weight is 369 g/mol. The first-order chi connectivity index (χ1) is 8.87. The van der Waals surface area contributed by atoms with Crippen molar-refractivity contribution in [1.82, 2.24) is 4.31 Å². The van der Waals surface area contributed by atoms with Crippen LogP contribution in [0.4, 0.5) is 0 Å². The molecule has 1 aromatic rings. The molecular formula is C12H15BrClNO3S. The summed E-state index contributed by atoms with van der Waals surface area (Å²) in [6.45, 7) is 2.23. The molecule has 0 saturated carbocycles. The summed E-state index contributed by atoms with van der Waals surface area (Å²) in [5.41, 5.74) is 0. The van der Waals surface area contributed by atoms with Gasteiger partial charge in [-0.25, -0.2) is 8.42 Å². The lowest BCUT2D eigenvalue weighted by Crippen LogP contribution is -2.39. The highest BCUT2D eigenvalue weighted by molar-refractivity contribution is 9.10. The van der Waals surface area contributed by atoms with Crippen LogP contribution in [0.25, 0.3) is 0 Å². The van der Waals surface area contributed by atoms with Crippen LogP contribution in [0, 0.1) is 5.92 Å². The van der Waals surface area contributed by atoms with E-state index in [0.717, 1.165) is 6.42 Å². The van der Waals surface area contributed by atoms with Crippen LogP contribution in [0.5, 0.6) is 0 Å². The number of aliphatic hydroxyl groups excluding tert-OH is 1. The zero-order valence-electron chi connectivity index (χ0n) is 10.4. The Morgan fingerprint density at radius 3 is 2.79 bits per heavy atom. The van der Waals surface area contributed by atoms with E-state index in [1.807, 2.05) is 6.92 Å². The van der Waals surface area contributed by atoms with Crippen molar-refractivity contribution in [1.29, 1.82) is 0 Å². The second kappa shape index (κ2) is 5.69. The first kappa shape index (κ1) is 15.3. The van der Waals surface area contributed by atoms with E-state index < -0.39 is 10.0 Å². The van der Waals surface area contributed by atoms with Gasteiger partial charge in [0, 0.05) is 11.0 Å². The second-order valence-corrected chi connectivity index (χ2v) is 7.86. The Morgan fingerprint density at radius 1 is 1.53 bits per heavy atom. The highest BCUT2D eigenvalue weighted by Gasteiger charge is 2.39. The minimum atomic E-state index is -3.59. The van der Waals surface area contributed by atoms with Gasteiger partial charge in [-0.15, -0.1) is 0 Å². The van der Waals surface area contributed by atoms with Crippen LogP contribution in [0.15, 0.2) is 27.6 Å². The Balaban J connectivity index is 2.39. The minimum Gasteiger partial charge on any atom is -0.395 e. The van der Waals surface area contributed by atoms with Gasteiger partial charge in [-0.05, 0) is 46.5 Å². The predicted molar refractivity (Wildman–Crippen MR) is 77.7 cm³/mol. The van der Waals surface area contributed by atoms with E-state index in [1.165, 1.54) is 16.4 Å². The first-order valence-corrected chi connectivity index (χ1v) is 8.56. The van der Waals surface area contributed by atoms with Crippen LogP contribution in [0.2, 0.25) is 5.02 Å². The van der Waals surface area contributed by atoms with Gasteiger partial charge in [0.25, 0.3) is 0 Å². The van der Waals surface area contributed by atoms with Crippen LogP contribution < -0.4 is 0 Å². The van der Waals surface area contributed by atoms with Crippen molar-refractivity contribution in [3.63, 3.8) is 0 Å². The van der Waals surface area contributed by atoms with Crippen molar-refractivity contribution < 1.29 is 13.5 Å². The van der Waals surface area contributed by atoms with Crippen LogP contribution in [0.3, 0.4) is 0 Å². The quantitative estimate of drug-likeness (QED) is 0.892. The molecular weight excluding hydrogens is 354 g/mol. The summed E-state index contributed by atoms with van der Waals surface area (Å²) in [5, 5.41) is 9.84. The van der Waals surface area contributed by atoms with E-state index in [0.29, 0.717) is 16.0 Å². The molecule has 0 aromatic heterocycles. The van der Waals surface area contributed by atoms with Gasteiger partial charge in [0.2, 0.25) is 10.0 Å². The van der Waals surface area contributed by atoms with Gasteiger partial charge in [-0.2, -0.15) is 4.31 Å². The summed E-state index contributed by atoms with van der Waals surface area (Å²) >= 11 is 9.10. The molecule has 2 rings (SSSR count). The fourth-order valence-corrected chi connectivity index (χ4v) is 4.72. The van der Waals surface area contributed by atoms with Gasteiger partial charge in [0.05, 0.1) is 22.6 Å². The molecule has 0 aliphatic carbocycles. The zero-order chi connectivity index (χ0) is 14.2. The summed E-state index contributed by atoms with van der Waals surface area (Å²) in [5.74, 6) is 0.163. The van der Waals surface area contributed by atoms with Gasteiger partial charge < -0.3 is 5.11 Å². The van der Waals surface area contributed by atoms with Crippen molar-refractivity contribution in [3.8, 4) is 0 Å². The molecule has 1 aromatic carbocycles. The molecule has 2 unspecified atom stereocenters. The predicted octanol–water partition coefficient (Wildman–Crippen LogP) is 2.49. The summed E-state index contributed by atoms with van der Waals surface area (Å²) in [4.78, 5) is 0.191. The van der Waals surface area contributed by atoms with E-state index in [9.17, 15) is 13.5 Å². The molecule has 1 heterocycles. The lowest BCUT2D eigenvalue weighted by atomic mass is 10.0. The SMILES string of the molecule is CC1CCN(S(=O)(=O)c2ccc(Cl)c(Br)c2)C1CO. The maximum atomic E-state index is 12.6. The molecule has 0 spiro atoms. The number of nitrogens with zero attached hydrogens (tertiary/aromatic N) is 1. The maximum Gasteiger partial charge on any atom is 0.243 e. The smallest absolute Gasteiger partial charge is 0.243 e. The van der Waals surface area contributed by atoms with Crippen LogP contribution in [0.1, 0.15) is 13.3 Å². The van der Waals surface area contributed by atoms with Crippen molar-refractivity contribution in [3.05, 3.63) is 27.7 Å². The third kappa shape index (κ3) is 2.83. The molecule has 1 saturated heterocycles. The average Bonchev–Trinajstić information content (AvgIpc) is 2.74. The Kier molecular flexibility index (Phi) is 4.57. The standard InChI is InChI=1S/C12H15BrClNO3S/c1-8-4-5-15(12(8)7-16)19(17,18)9-2-3-11(14)10(13)6-9/h2-3,6,8,12,16H,4-5,7H2,1H3. The first-order valence-electron chi connectivity index (χ1n) is 5.95. The minimum absolute atomic E-state index is 0.158. The molecule has 0 amide bonds. The summed E-state index contributed by atoms with van der Waals surface area (Å²) in [6.07, 6.45) is 0.763. The van der Waals surface area contributed by atoms with Crippen molar-refractivity contribution >= 4 is 37.6 Å². The highest BCUT2D eigenvalue weighted by Crippen LogP contribution is 2.32. The summed E-state index contributed by atoms with van der Waals surface area (Å²) in [6, 6.07) is 4.18. The number of sulfonamides is 1. The van der Waals surface area contributed by atoms with E-state index in [1.54, 1.807) is 6.07 Å². The van der Waals surface area contributed by atoms with Gasteiger partial charge in [-0.1, -0.05) is 18.5 Å². The number of aliphatic hydroxyl groups is 1. The van der Waals surface area contributed by atoms with E-state index in [2.05, 4.69) is 15.9 Å². The van der Waals surface area contributed by atoms with Crippen LogP contribution >= 0.6 is 27.5 Å². The largest absolute Gasteiger partial charge is 0.395 e. The third-order valence-electron chi connectivity index (χ3n) is 3.52. The Bertz CT molecular complexity index is 578. The normalized spacial score (nSPS) is 24.8. The molecule has 1 N–H and O–H groups in total. The molecule has 1 fully saturated rings. The van der Waals surface area contributed by atoms with Crippen LogP contribution in [-0.2, 0) is 10.0 Å². The number of hydrogen-bond donors (Lipinski definition) is 1. The molecule has 19 heavy (non-hydrogen) atoms. The van der Waals surface area contributed by atoms with Crippen molar-refractivity contribution in [2.45, 2.75) is 24.3 Å². The number of rotatable bonds is 3. The molecule has 1 aliphatic heterocycles. The highest BCUT2D eigenvalue weighted by atomic mass is 79.9.